The Hall–Kier alpha value is -3.71. The first kappa shape index (κ1) is 28.3. The van der Waals surface area contributed by atoms with E-state index in [0.717, 1.165) is 18.2 Å². The van der Waals surface area contributed by atoms with Gasteiger partial charge in [0, 0.05) is 24.3 Å². The van der Waals surface area contributed by atoms with Crippen LogP contribution >= 0.6 is 11.3 Å². The summed E-state index contributed by atoms with van der Waals surface area (Å²) in [4.78, 5) is 41.9. The summed E-state index contributed by atoms with van der Waals surface area (Å²) >= 11 is 1.17. The van der Waals surface area contributed by atoms with Crippen LogP contribution in [0.15, 0.2) is 48.8 Å². The first-order valence-corrected chi connectivity index (χ1v) is 13.2. The number of amides is 2. The summed E-state index contributed by atoms with van der Waals surface area (Å²) in [6, 6.07) is 7.29. The third kappa shape index (κ3) is 6.66. The summed E-state index contributed by atoms with van der Waals surface area (Å²) in [7, 11) is 0. The number of nitrogens with one attached hydrogen (secondary N) is 3. The molecule has 13 heteroatoms. The van der Waals surface area contributed by atoms with E-state index in [0.29, 0.717) is 47.9 Å². The molecule has 1 fully saturated rings. The molecular weight excluding hydrogens is 535 g/mol. The molecule has 0 unspecified atom stereocenters. The van der Waals surface area contributed by atoms with Crippen LogP contribution in [-0.2, 0) is 11.8 Å². The monoisotopic (exact) mass is 563 g/mol. The summed E-state index contributed by atoms with van der Waals surface area (Å²) in [5.41, 5.74) is -2.29. The molecule has 9 nitrogen and oxygen atoms in total. The number of carbonyl (C=O) groups is 3. The van der Waals surface area contributed by atoms with Crippen molar-refractivity contribution in [1.82, 2.24) is 20.2 Å². The zero-order valence-electron chi connectivity index (χ0n) is 21.0. The fourth-order valence-corrected chi connectivity index (χ4v) is 5.38. The van der Waals surface area contributed by atoms with Gasteiger partial charge >= 0.3 is 6.18 Å². The van der Waals surface area contributed by atoms with Crippen molar-refractivity contribution in [2.75, 3.05) is 18.4 Å². The number of rotatable bonds is 8. The highest BCUT2D eigenvalue weighted by atomic mass is 32.1. The Kier molecular flexibility index (Phi) is 8.40. The van der Waals surface area contributed by atoms with Gasteiger partial charge in [-0.2, -0.15) is 13.2 Å². The lowest BCUT2D eigenvalue weighted by Crippen LogP contribution is -2.37. The summed E-state index contributed by atoms with van der Waals surface area (Å²) in [5, 5.41) is 20.0. The van der Waals surface area contributed by atoms with Gasteiger partial charge in [0.1, 0.15) is 21.3 Å². The number of aliphatic hydroxyl groups is 1. The second-order valence-electron chi connectivity index (χ2n) is 9.26. The van der Waals surface area contributed by atoms with E-state index in [1.165, 1.54) is 34.4 Å². The predicted molar refractivity (Wildman–Crippen MR) is 139 cm³/mol. The van der Waals surface area contributed by atoms with Gasteiger partial charge in [0.25, 0.3) is 17.7 Å². The topological polar surface area (TPSA) is 125 Å². The third-order valence-corrected chi connectivity index (χ3v) is 7.69. The van der Waals surface area contributed by atoms with Crippen molar-refractivity contribution in [2.45, 2.75) is 50.4 Å². The van der Waals surface area contributed by atoms with E-state index < -0.39 is 35.7 Å². The number of anilines is 1. The van der Waals surface area contributed by atoms with Crippen LogP contribution in [0.4, 0.5) is 19.0 Å². The van der Waals surface area contributed by atoms with Crippen LogP contribution in [0.25, 0.3) is 0 Å². The maximum absolute atomic E-state index is 12.9. The van der Waals surface area contributed by atoms with E-state index in [2.05, 4.69) is 20.9 Å². The Labute approximate surface area is 226 Å². The number of benzene rings is 1. The van der Waals surface area contributed by atoms with E-state index in [-0.39, 0.29) is 17.5 Å². The van der Waals surface area contributed by atoms with Gasteiger partial charge in [-0.1, -0.05) is 6.07 Å². The van der Waals surface area contributed by atoms with E-state index in [1.54, 1.807) is 12.1 Å². The van der Waals surface area contributed by atoms with E-state index in [4.69, 9.17) is 0 Å². The van der Waals surface area contributed by atoms with Gasteiger partial charge in [0.15, 0.2) is 0 Å². The van der Waals surface area contributed by atoms with Crippen molar-refractivity contribution in [3.8, 4) is 0 Å². The van der Waals surface area contributed by atoms with Gasteiger partial charge in [-0.3, -0.25) is 19.0 Å². The molecule has 2 amide bonds. The van der Waals surface area contributed by atoms with Crippen molar-refractivity contribution in [1.29, 1.82) is 0 Å². The van der Waals surface area contributed by atoms with Gasteiger partial charge in [0.05, 0.1) is 18.3 Å². The van der Waals surface area contributed by atoms with E-state index in [9.17, 15) is 32.7 Å². The molecule has 4 rings (SSSR count). The maximum Gasteiger partial charge on any atom is 0.416 e. The maximum atomic E-state index is 12.9. The Bertz CT molecular complexity index is 1350. The quantitative estimate of drug-likeness (QED) is 0.328. The molecule has 1 aromatic carbocycles. The molecule has 1 aliphatic rings. The van der Waals surface area contributed by atoms with Crippen molar-refractivity contribution in [3.05, 3.63) is 69.8 Å². The van der Waals surface area contributed by atoms with Crippen LogP contribution in [0.5, 0.6) is 0 Å². The number of hydrogen-bond donors (Lipinski definition) is 4. The molecule has 208 valence electrons. The molecule has 0 radical (unpaired) electrons. The van der Waals surface area contributed by atoms with Crippen LogP contribution in [0, 0.1) is 0 Å². The van der Waals surface area contributed by atoms with Gasteiger partial charge in [-0.05, 0) is 62.9 Å². The molecule has 4 N–H and O–H groups in total. The van der Waals surface area contributed by atoms with E-state index in [1.807, 2.05) is 6.92 Å². The van der Waals surface area contributed by atoms with Crippen LogP contribution in [0.2, 0.25) is 0 Å². The fraction of sp³-hybridized carbons (Fsp3) is 0.385. The van der Waals surface area contributed by atoms with Crippen molar-refractivity contribution in [2.24, 2.45) is 0 Å². The molecule has 1 saturated carbocycles. The summed E-state index contributed by atoms with van der Waals surface area (Å²) in [6.45, 7) is 1.90. The number of thiazole rings is 1. The molecule has 0 aliphatic heterocycles. The molecule has 2 heterocycles. The zero-order valence-corrected chi connectivity index (χ0v) is 21.9. The normalized spacial score (nSPS) is 19.4. The first-order chi connectivity index (χ1) is 18.5. The molecule has 2 aromatic heterocycles. The average Bonchev–Trinajstić information content (AvgIpc) is 3.59. The highest BCUT2D eigenvalue weighted by Gasteiger charge is 2.38. The number of hydrogen-bond acceptors (Lipinski definition) is 7. The van der Waals surface area contributed by atoms with Gasteiger partial charge in [-0.15, -0.1) is 11.3 Å². The third-order valence-electron chi connectivity index (χ3n) is 6.50. The van der Waals surface area contributed by atoms with Gasteiger partial charge in [-0.25, -0.2) is 4.98 Å². The van der Waals surface area contributed by atoms with Crippen LogP contribution in [0.1, 0.15) is 68.0 Å². The van der Waals surface area contributed by atoms with Crippen molar-refractivity contribution < 1.29 is 32.7 Å². The van der Waals surface area contributed by atoms with Crippen LogP contribution in [-0.4, -0.2) is 51.5 Å². The second-order valence-corrected chi connectivity index (χ2v) is 10.3. The van der Waals surface area contributed by atoms with E-state index >= 15 is 0 Å². The number of aromatic nitrogens is 2. The summed E-state index contributed by atoms with van der Waals surface area (Å²) in [5.74, 6) is -0.996. The number of nitrogens with zero attached hydrogens (tertiary/aromatic N) is 2. The molecule has 0 saturated heterocycles. The smallest absolute Gasteiger partial charge is 0.383 e. The Morgan fingerprint density at radius 1 is 1.13 bits per heavy atom. The largest absolute Gasteiger partial charge is 0.416 e. The lowest BCUT2D eigenvalue weighted by molar-refractivity contribution is -0.137. The number of carbonyl (C=O) groups excluding carboxylic acids is 3. The van der Waals surface area contributed by atoms with Gasteiger partial charge in [0.2, 0.25) is 0 Å². The zero-order chi connectivity index (χ0) is 28.2. The molecule has 0 atom stereocenters. The molecule has 3 aromatic rings. The minimum Gasteiger partial charge on any atom is -0.383 e. The predicted octanol–water partition coefficient (Wildman–Crippen LogP) is 4.03. The highest BCUT2D eigenvalue weighted by molar-refractivity contribution is 7.13. The van der Waals surface area contributed by atoms with Crippen molar-refractivity contribution in [3.63, 3.8) is 0 Å². The standard InChI is InChI=1S/C26H28F3N5O4S/c1-2-30-23(37)19-14-32-24(39-19)25(38)10-8-18(9-11-25)33-20-7-4-12-34(20)21(35)15-31-22(36)16-5-3-6-17(13-16)26(27,28)29/h3-7,12-14,18,33,38H,2,8-11,15H2,1H3,(H,30,37)(H,31,36). The van der Waals surface area contributed by atoms with Crippen molar-refractivity contribution >= 4 is 34.9 Å². The lowest BCUT2D eigenvalue weighted by Gasteiger charge is -2.35. The summed E-state index contributed by atoms with van der Waals surface area (Å²) in [6.07, 6.45) is 0.400. The Morgan fingerprint density at radius 2 is 1.87 bits per heavy atom. The highest BCUT2D eigenvalue weighted by Crippen LogP contribution is 2.39. The molecular formula is C26H28F3N5O4S. The van der Waals surface area contributed by atoms with Crippen LogP contribution < -0.4 is 16.0 Å². The van der Waals surface area contributed by atoms with Crippen LogP contribution in [0.3, 0.4) is 0 Å². The minimum absolute atomic E-state index is 0.0470. The second kappa shape index (κ2) is 11.6. The lowest BCUT2D eigenvalue weighted by atomic mass is 9.82. The Morgan fingerprint density at radius 3 is 2.56 bits per heavy atom. The Balaban J connectivity index is 1.32. The number of halogens is 3. The number of alkyl halides is 3. The molecule has 39 heavy (non-hydrogen) atoms. The molecule has 0 bridgehead atoms. The molecule has 0 spiro atoms. The summed E-state index contributed by atoms with van der Waals surface area (Å²) < 4.78 is 40.1. The van der Waals surface area contributed by atoms with Gasteiger partial charge < -0.3 is 21.1 Å². The first-order valence-electron chi connectivity index (χ1n) is 12.4. The average molecular weight is 564 g/mol. The minimum atomic E-state index is -4.58. The SMILES string of the molecule is CCNC(=O)c1cnc(C2(O)CCC(Nc3cccn3C(=O)CNC(=O)c3cccc(C(F)(F)F)c3)CC2)s1. The fourth-order valence-electron chi connectivity index (χ4n) is 4.40. The molecule has 1 aliphatic carbocycles.